The Morgan fingerprint density at radius 2 is 1.94 bits per heavy atom. The minimum Gasteiger partial charge on any atom is -0.493 e. The van der Waals surface area contributed by atoms with Crippen LogP contribution in [0.3, 0.4) is 0 Å². The Labute approximate surface area is 105 Å². The van der Waals surface area contributed by atoms with Crippen molar-refractivity contribution in [1.82, 2.24) is 0 Å². The summed E-state index contributed by atoms with van der Waals surface area (Å²) in [6.07, 6.45) is 0.293. The zero-order chi connectivity index (χ0) is 13.3. The van der Waals surface area contributed by atoms with E-state index in [1.165, 1.54) is 21.3 Å². The Morgan fingerprint density at radius 3 is 2.50 bits per heavy atom. The van der Waals surface area contributed by atoms with Gasteiger partial charge in [-0.05, 0) is 18.6 Å². The molecule has 0 fully saturated rings. The van der Waals surface area contributed by atoms with Gasteiger partial charge in [-0.1, -0.05) is 0 Å². The third-order valence-electron chi connectivity index (χ3n) is 3.12. The monoisotopic (exact) mass is 250 g/mol. The maximum Gasteiger partial charge on any atom is 0.316 e. The minimum absolute atomic E-state index is 0.224. The van der Waals surface area contributed by atoms with Crippen molar-refractivity contribution in [3.63, 3.8) is 0 Å². The highest BCUT2D eigenvalue weighted by molar-refractivity contribution is 6.12. The van der Waals surface area contributed by atoms with Gasteiger partial charge in [0.2, 0.25) is 0 Å². The van der Waals surface area contributed by atoms with Gasteiger partial charge in [0, 0.05) is 11.1 Å². The van der Waals surface area contributed by atoms with Gasteiger partial charge in [-0.2, -0.15) is 0 Å². The summed E-state index contributed by atoms with van der Waals surface area (Å²) in [4.78, 5) is 23.6. The van der Waals surface area contributed by atoms with Gasteiger partial charge < -0.3 is 14.2 Å². The Morgan fingerprint density at radius 1 is 1.22 bits per heavy atom. The number of hydrogen-bond acceptors (Lipinski definition) is 5. The van der Waals surface area contributed by atoms with Gasteiger partial charge in [0.25, 0.3) is 0 Å². The summed E-state index contributed by atoms with van der Waals surface area (Å²) in [5.41, 5.74) is 1.21. The van der Waals surface area contributed by atoms with Gasteiger partial charge >= 0.3 is 5.97 Å². The first-order chi connectivity index (χ1) is 8.63. The molecular formula is C13H14O5. The fourth-order valence-electron chi connectivity index (χ4n) is 2.24. The highest BCUT2D eigenvalue weighted by atomic mass is 16.5. The van der Waals surface area contributed by atoms with E-state index in [-0.39, 0.29) is 5.78 Å². The fraction of sp³-hybridized carbons (Fsp3) is 0.385. The molecule has 0 aromatic heterocycles. The predicted molar refractivity (Wildman–Crippen MR) is 63.1 cm³/mol. The maximum atomic E-state index is 12.1. The van der Waals surface area contributed by atoms with Gasteiger partial charge in [-0.3, -0.25) is 9.59 Å². The second-order valence-electron chi connectivity index (χ2n) is 3.97. The van der Waals surface area contributed by atoms with E-state index in [2.05, 4.69) is 4.74 Å². The molecule has 96 valence electrons. The maximum absolute atomic E-state index is 12.1. The number of methoxy groups -OCH3 is 3. The van der Waals surface area contributed by atoms with E-state index in [1.54, 1.807) is 12.1 Å². The number of fused-ring (bicyclic) bond motifs is 1. The second-order valence-corrected chi connectivity index (χ2v) is 3.97. The average molecular weight is 250 g/mol. The van der Waals surface area contributed by atoms with Gasteiger partial charge in [0.15, 0.2) is 17.3 Å². The lowest BCUT2D eigenvalue weighted by atomic mass is 10.1. The normalized spacial score (nSPS) is 17.3. The average Bonchev–Trinajstić information content (AvgIpc) is 2.74. The van der Waals surface area contributed by atoms with Crippen LogP contribution < -0.4 is 9.47 Å². The summed E-state index contributed by atoms with van der Waals surface area (Å²) in [6, 6.07) is 3.32. The number of carbonyl (C=O) groups is 2. The quantitative estimate of drug-likeness (QED) is 0.596. The lowest BCUT2D eigenvalue weighted by molar-refractivity contribution is -0.143. The number of Topliss-reactive ketones (excluding diaryl/α,β-unsaturated/α-hetero) is 1. The molecule has 0 bridgehead atoms. The van der Waals surface area contributed by atoms with Gasteiger partial charge in [0.1, 0.15) is 5.92 Å². The van der Waals surface area contributed by atoms with Gasteiger partial charge in [-0.15, -0.1) is 0 Å². The Bertz CT molecular complexity index is 506. The van der Waals surface area contributed by atoms with Crippen LogP contribution in [0, 0.1) is 5.92 Å². The van der Waals surface area contributed by atoms with E-state index in [0.29, 0.717) is 29.0 Å². The van der Waals surface area contributed by atoms with Gasteiger partial charge in [0.05, 0.1) is 21.3 Å². The number of esters is 1. The standard InChI is InChI=1S/C13H14O5/c1-16-10-5-4-7-8(12(10)17-2)6-9(11(7)14)13(15)18-3/h4-5,9H,6H2,1-3H3. The van der Waals surface area contributed by atoms with Crippen molar-refractivity contribution in [2.75, 3.05) is 21.3 Å². The van der Waals surface area contributed by atoms with Gasteiger partial charge in [-0.25, -0.2) is 0 Å². The molecule has 18 heavy (non-hydrogen) atoms. The van der Waals surface area contributed by atoms with E-state index in [1.807, 2.05) is 0 Å². The Balaban J connectivity index is 2.48. The molecule has 0 radical (unpaired) electrons. The molecule has 0 saturated carbocycles. The SMILES string of the molecule is COC(=O)C1Cc2c(ccc(OC)c2OC)C1=O. The Hall–Kier alpha value is -2.04. The molecule has 1 aliphatic rings. The van der Waals surface area contributed by atoms with Crippen LogP contribution in [-0.4, -0.2) is 33.1 Å². The zero-order valence-electron chi connectivity index (χ0n) is 10.5. The molecular weight excluding hydrogens is 236 g/mol. The molecule has 1 aromatic rings. The molecule has 5 nitrogen and oxygen atoms in total. The number of carbonyl (C=O) groups excluding carboxylic acids is 2. The van der Waals surface area contributed by atoms with Crippen molar-refractivity contribution in [2.45, 2.75) is 6.42 Å². The van der Waals surface area contributed by atoms with Crippen LogP contribution in [0.15, 0.2) is 12.1 Å². The second kappa shape index (κ2) is 4.68. The number of ether oxygens (including phenoxy) is 3. The highest BCUT2D eigenvalue weighted by Gasteiger charge is 2.39. The van der Waals surface area contributed by atoms with Crippen molar-refractivity contribution in [1.29, 1.82) is 0 Å². The molecule has 0 saturated heterocycles. The first-order valence-electron chi connectivity index (χ1n) is 5.50. The fourth-order valence-corrected chi connectivity index (χ4v) is 2.24. The van der Waals surface area contributed by atoms with Crippen LogP contribution in [0.5, 0.6) is 11.5 Å². The van der Waals surface area contributed by atoms with Crippen LogP contribution in [0.4, 0.5) is 0 Å². The summed E-state index contributed by atoms with van der Waals surface area (Å²) in [6.45, 7) is 0. The molecule has 2 rings (SSSR count). The zero-order valence-corrected chi connectivity index (χ0v) is 10.5. The first kappa shape index (κ1) is 12.4. The Kier molecular flexibility index (Phi) is 3.23. The minimum atomic E-state index is -0.772. The van der Waals surface area contributed by atoms with Crippen molar-refractivity contribution < 1.29 is 23.8 Å². The number of benzene rings is 1. The molecule has 0 N–H and O–H groups in total. The largest absolute Gasteiger partial charge is 0.493 e. The lowest BCUT2D eigenvalue weighted by Gasteiger charge is -2.11. The van der Waals surface area contributed by atoms with E-state index in [0.717, 1.165) is 0 Å². The smallest absolute Gasteiger partial charge is 0.316 e. The lowest BCUT2D eigenvalue weighted by Crippen LogP contribution is -2.21. The number of hydrogen-bond donors (Lipinski definition) is 0. The number of ketones is 1. The summed E-state index contributed by atoms with van der Waals surface area (Å²) in [7, 11) is 4.31. The van der Waals surface area contributed by atoms with Crippen LogP contribution in [0.25, 0.3) is 0 Å². The molecule has 1 aromatic carbocycles. The molecule has 0 spiro atoms. The van der Waals surface area contributed by atoms with Crippen LogP contribution in [0.2, 0.25) is 0 Å². The third-order valence-corrected chi connectivity index (χ3v) is 3.12. The molecule has 0 amide bonds. The summed E-state index contributed by atoms with van der Waals surface area (Å²) < 4.78 is 15.1. The molecule has 0 heterocycles. The topological polar surface area (TPSA) is 61.8 Å². The highest BCUT2D eigenvalue weighted by Crippen LogP contribution is 2.40. The summed E-state index contributed by atoms with van der Waals surface area (Å²) >= 11 is 0. The number of rotatable bonds is 3. The van der Waals surface area contributed by atoms with Crippen LogP contribution in [-0.2, 0) is 16.0 Å². The molecule has 1 aliphatic carbocycles. The molecule has 5 heteroatoms. The first-order valence-corrected chi connectivity index (χ1v) is 5.50. The van der Waals surface area contributed by atoms with E-state index in [4.69, 9.17) is 9.47 Å². The molecule has 0 aliphatic heterocycles. The predicted octanol–water partition coefficient (Wildman–Crippen LogP) is 1.23. The summed E-state index contributed by atoms with van der Waals surface area (Å²) in [5.74, 6) is -0.453. The van der Waals surface area contributed by atoms with E-state index < -0.39 is 11.9 Å². The van der Waals surface area contributed by atoms with Crippen molar-refractivity contribution in [3.05, 3.63) is 23.3 Å². The van der Waals surface area contributed by atoms with E-state index in [9.17, 15) is 9.59 Å². The van der Waals surface area contributed by atoms with Crippen molar-refractivity contribution in [3.8, 4) is 11.5 Å². The van der Waals surface area contributed by atoms with Crippen LogP contribution in [0.1, 0.15) is 15.9 Å². The summed E-state index contributed by atoms with van der Waals surface area (Å²) in [5, 5.41) is 0. The van der Waals surface area contributed by atoms with Crippen LogP contribution >= 0.6 is 0 Å². The molecule has 1 unspecified atom stereocenters. The molecule has 1 atom stereocenters. The third kappa shape index (κ3) is 1.72. The van der Waals surface area contributed by atoms with Crippen molar-refractivity contribution in [2.24, 2.45) is 5.92 Å². The van der Waals surface area contributed by atoms with E-state index >= 15 is 0 Å². The van der Waals surface area contributed by atoms with Crippen molar-refractivity contribution >= 4 is 11.8 Å².